The standard InChI is InChI=1S/C12H14N2/c1-2-3-4-5-11-8-10(9-13)6-7-12(11)14/h2,6-8H,1,3-5,14H2. The van der Waals surface area contributed by atoms with E-state index in [9.17, 15) is 0 Å². The predicted molar refractivity (Wildman–Crippen MR) is 58.7 cm³/mol. The van der Waals surface area contributed by atoms with Gasteiger partial charge in [-0.1, -0.05) is 6.08 Å². The number of allylic oxidation sites excluding steroid dienone is 1. The highest BCUT2D eigenvalue weighted by molar-refractivity contribution is 5.51. The molecule has 72 valence electrons. The Kier molecular flexibility index (Phi) is 3.75. The van der Waals surface area contributed by atoms with Gasteiger partial charge < -0.3 is 5.73 Å². The van der Waals surface area contributed by atoms with Gasteiger partial charge in [-0.05, 0) is 43.0 Å². The Balaban J connectivity index is 2.74. The van der Waals surface area contributed by atoms with Crippen LogP contribution in [0.5, 0.6) is 0 Å². The normalized spacial score (nSPS) is 9.36. The van der Waals surface area contributed by atoms with Gasteiger partial charge in [0.2, 0.25) is 0 Å². The van der Waals surface area contributed by atoms with Gasteiger partial charge in [-0.25, -0.2) is 0 Å². The summed E-state index contributed by atoms with van der Waals surface area (Å²) in [4.78, 5) is 0. The summed E-state index contributed by atoms with van der Waals surface area (Å²) in [6.45, 7) is 3.66. The second-order valence-corrected chi connectivity index (χ2v) is 3.21. The minimum atomic E-state index is 0.674. The van der Waals surface area contributed by atoms with Crippen LogP contribution in [0.25, 0.3) is 0 Å². The molecular weight excluding hydrogens is 172 g/mol. The van der Waals surface area contributed by atoms with Crippen molar-refractivity contribution >= 4 is 5.69 Å². The van der Waals surface area contributed by atoms with Crippen LogP contribution in [-0.4, -0.2) is 0 Å². The molecule has 0 fully saturated rings. The van der Waals surface area contributed by atoms with Gasteiger partial charge in [-0.3, -0.25) is 0 Å². The third-order valence-corrected chi connectivity index (χ3v) is 2.13. The van der Waals surface area contributed by atoms with Gasteiger partial charge in [-0.2, -0.15) is 5.26 Å². The molecule has 0 aliphatic heterocycles. The van der Waals surface area contributed by atoms with E-state index in [2.05, 4.69) is 12.6 Å². The predicted octanol–water partition coefficient (Wildman–Crippen LogP) is 2.65. The van der Waals surface area contributed by atoms with Crippen molar-refractivity contribution in [3.8, 4) is 6.07 Å². The van der Waals surface area contributed by atoms with E-state index in [-0.39, 0.29) is 0 Å². The fourth-order valence-corrected chi connectivity index (χ4v) is 1.33. The van der Waals surface area contributed by atoms with Crippen LogP contribution < -0.4 is 5.73 Å². The Morgan fingerprint density at radius 1 is 1.50 bits per heavy atom. The first-order valence-corrected chi connectivity index (χ1v) is 4.67. The highest BCUT2D eigenvalue weighted by Gasteiger charge is 2.00. The number of aryl methyl sites for hydroxylation is 1. The first-order valence-electron chi connectivity index (χ1n) is 4.67. The molecule has 1 rings (SSSR count). The van der Waals surface area contributed by atoms with Crippen LogP contribution in [0.2, 0.25) is 0 Å². The molecule has 2 N–H and O–H groups in total. The van der Waals surface area contributed by atoms with E-state index in [0.717, 1.165) is 30.5 Å². The van der Waals surface area contributed by atoms with E-state index in [4.69, 9.17) is 11.0 Å². The number of hydrogen-bond donors (Lipinski definition) is 1. The van der Waals surface area contributed by atoms with Gasteiger partial charge in [-0.15, -0.1) is 6.58 Å². The van der Waals surface area contributed by atoms with Gasteiger partial charge in [0.15, 0.2) is 0 Å². The molecule has 2 heteroatoms. The zero-order chi connectivity index (χ0) is 10.4. The van der Waals surface area contributed by atoms with E-state index in [1.807, 2.05) is 12.1 Å². The molecule has 2 nitrogen and oxygen atoms in total. The average Bonchev–Trinajstić information content (AvgIpc) is 2.21. The van der Waals surface area contributed by atoms with Crippen LogP contribution in [0.4, 0.5) is 5.69 Å². The smallest absolute Gasteiger partial charge is 0.0991 e. The molecule has 0 bridgehead atoms. The summed E-state index contributed by atoms with van der Waals surface area (Å²) in [6.07, 6.45) is 4.82. The highest BCUT2D eigenvalue weighted by Crippen LogP contribution is 2.16. The average molecular weight is 186 g/mol. The number of nitrogens with zero attached hydrogens (tertiary/aromatic N) is 1. The van der Waals surface area contributed by atoms with Crippen LogP contribution in [0.3, 0.4) is 0 Å². The number of rotatable bonds is 4. The van der Waals surface area contributed by atoms with Gasteiger partial charge >= 0.3 is 0 Å². The fraction of sp³-hybridized carbons (Fsp3) is 0.250. The number of unbranched alkanes of at least 4 members (excludes halogenated alkanes) is 1. The molecule has 0 atom stereocenters. The molecule has 0 aliphatic carbocycles. The van der Waals surface area contributed by atoms with Crippen molar-refractivity contribution in [3.05, 3.63) is 42.0 Å². The third-order valence-electron chi connectivity index (χ3n) is 2.13. The molecule has 0 spiro atoms. The maximum atomic E-state index is 8.72. The van der Waals surface area contributed by atoms with Crippen molar-refractivity contribution < 1.29 is 0 Å². The Labute approximate surface area is 84.7 Å². The maximum Gasteiger partial charge on any atom is 0.0991 e. The molecule has 0 aromatic heterocycles. The highest BCUT2D eigenvalue weighted by atomic mass is 14.6. The largest absolute Gasteiger partial charge is 0.399 e. The van der Waals surface area contributed by atoms with Gasteiger partial charge in [0.05, 0.1) is 11.6 Å². The quantitative estimate of drug-likeness (QED) is 0.446. The van der Waals surface area contributed by atoms with Crippen LogP contribution in [0, 0.1) is 11.3 Å². The molecule has 0 aliphatic rings. The summed E-state index contributed by atoms with van der Waals surface area (Å²) in [6, 6.07) is 7.50. The summed E-state index contributed by atoms with van der Waals surface area (Å²) in [5.41, 5.74) is 8.30. The van der Waals surface area contributed by atoms with E-state index < -0.39 is 0 Å². The number of nitrogen functional groups attached to an aromatic ring is 1. The van der Waals surface area contributed by atoms with E-state index in [1.165, 1.54) is 0 Å². The van der Waals surface area contributed by atoms with Crippen LogP contribution in [-0.2, 0) is 6.42 Å². The van der Waals surface area contributed by atoms with Crippen molar-refractivity contribution in [3.63, 3.8) is 0 Å². The molecule has 0 saturated heterocycles. The van der Waals surface area contributed by atoms with Crippen molar-refractivity contribution in [2.45, 2.75) is 19.3 Å². The van der Waals surface area contributed by atoms with Crippen LogP contribution in [0.15, 0.2) is 30.9 Å². The molecule has 0 unspecified atom stereocenters. The van der Waals surface area contributed by atoms with Gasteiger partial charge in [0.1, 0.15) is 0 Å². The van der Waals surface area contributed by atoms with Gasteiger partial charge in [0, 0.05) is 5.69 Å². The SMILES string of the molecule is C=CCCCc1cc(C#N)ccc1N. The zero-order valence-corrected chi connectivity index (χ0v) is 8.16. The summed E-state index contributed by atoms with van der Waals surface area (Å²) in [7, 11) is 0. The maximum absolute atomic E-state index is 8.72. The molecule has 0 radical (unpaired) electrons. The number of nitrogens with two attached hydrogens (primary N) is 1. The second-order valence-electron chi connectivity index (χ2n) is 3.21. The molecule has 0 saturated carbocycles. The van der Waals surface area contributed by atoms with Crippen LogP contribution in [0.1, 0.15) is 24.0 Å². The van der Waals surface area contributed by atoms with Crippen molar-refractivity contribution in [2.24, 2.45) is 0 Å². The molecule has 1 aromatic carbocycles. The zero-order valence-electron chi connectivity index (χ0n) is 8.16. The molecule has 0 amide bonds. The first-order chi connectivity index (χ1) is 6.77. The monoisotopic (exact) mass is 186 g/mol. The number of anilines is 1. The second kappa shape index (κ2) is 5.08. The van der Waals surface area contributed by atoms with E-state index in [1.54, 1.807) is 12.1 Å². The molecule has 0 heterocycles. The molecule has 1 aromatic rings. The topological polar surface area (TPSA) is 49.8 Å². The summed E-state index contributed by atoms with van der Waals surface area (Å²) in [5.74, 6) is 0. The lowest BCUT2D eigenvalue weighted by atomic mass is 10.0. The van der Waals surface area contributed by atoms with Crippen LogP contribution >= 0.6 is 0 Å². The lowest BCUT2D eigenvalue weighted by Gasteiger charge is -2.04. The number of hydrogen-bond acceptors (Lipinski definition) is 2. The first kappa shape index (κ1) is 10.3. The van der Waals surface area contributed by atoms with E-state index in [0.29, 0.717) is 5.56 Å². The van der Waals surface area contributed by atoms with Gasteiger partial charge in [0.25, 0.3) is 0 Å². The summed E-state index contributed by atoms with van der Waals surface area (Å²) >= 11 is 0. The van der Waals surface area contributed by atoms with Crippen molar-refractivity contribution in [2.75, 3.05) is 5.73 Å². The summed E-state index contributed by atoms with van der Waals surface area (Å²) in [5, 5.41) is 8.72. The lowest BCUT2D eigenvalue weighted by Crippen LogP contribution is -1.95. The Morgan fingerprint density at radius 3 is 2.93 bits per heavy atom. The minimum Gasteiger partial charge on any atom is -0.399 e. The molecule has 14 heavy (non-hydrogen) atoms. The Bertz CT molecular complexity index is 361. The third kappa shape index (κ3) is 2.63. The van der Waals surface area contributed by atoms with Crippen molar-refractivity contribution in [1.82, 2.24) is 0 Å². The Morgan fingerprint density at radius 2 is 2.29 bits per heavy atom. The van der Waals surface area contributed by atoms with E-state index >= 15 is 0 Å². The molecular formula is C12H14N2. The number of nitriles is 1. The number of benzene rings is 1. The lowest BCUT2D eigenvalue weighted by molar-refractivity contribution is 0.845. The minimum absolute atomic E-state index is 0.674. The summed E-state index contributed by atoms with van der Waals surface area (Å²) < 4.78 is 0. The fourth-order valence-electron chi connectivity index (χ4n) is 1.33. The van der Waals surface area contributed by atoms with Crippen molar-refractivity contribution in [1.29, 1.82) is 5.26 Å². The Hall–Kier alpha value is -1.75.